The van der Waals surface area contributed by atoms with Crippen LogP contribution in [0.2, 0.25) is 0 Å². The Hall–Kier alpha value is -3.87. The normalized spacial score (nSPS) is 14.9. The molecule has 0 saturated carbocycles. The molecular weight excluding hydrogens is 382 g/mol. The van der Waals surface area contributed by atoms with Crippen molar-refractivity contribution >= 4 is 17.3 Å². The summed E-state index contributed by atoms with van der Waals surface area (Å²) in [6, 6.07) is 21.5. The lowest BCUT2D eigenvalue weighted by Crippen LogP contribution is -2.32. The molecular formula is C23H21N3O4. The van der Waals surface area contributed by atoms with Crippen LogP contribution in [0.1, 0.15) is 33.9 Å². The van der Waals surface area contributed by atoms with Crippen molar-refractivity contribution < 1.29 is 14.5 Å². The number of para-hydroxylation sites is 1. The van der Waals surface area contributed by atoms with Gasteiger partial charge in [0.05, 0.1) is 17.6 Å². The van der Waals surface area contributed by atoms with Gasteiger partial charge in [0.25, 0.3) is 11.6 Å². The molecule has 0 bridgehead atoms. The molecule has 3 aromatic rings. The van der Waals surface area contributed by atoms with Gasteiger partial charge in [-0.3, -0.25) is 14.9 Å². The van der Waals surface area contributed by atoms with Gasteiger partial charge in [0, 0.05) is 30.2 Å². The van der Waals surface area contributed by atoms with E-state index in [0.29, 0.717) is 25.3 Å². The molecule has 7 heteroatoms. The maximum Gasteiger partial charge on any atom is 0.293 e. The Morgan fingerprint density at radius 1 is 1.07 bits per heavy atom. The Morgan fingerprint density at radius 3 is 2.63 bits per heavy atom. The summed E-state index contributed by atoms with van der Waals surface area (Å²) in [4.78, 5) is 23.9. The van der Waals surface area contributed by atoms with Crippen LogP contribution < -0.4 is 15.4 Å². The molecule has 3 aromatic carbocycles. The highest BCUT2D eigenvalue weighted by atomic mass is 16.6. The number of anilines is 1. The molecule has 0 spiro atoms. The summed E-state index contributed by atoms with van der Waals surface area (Å²) >= 11 is 0. The van der Waals surface area contributed by atoms with Crippen molar-refractivity contribution in [1.82, 2.24) is 5.32 Å². The van der Waals surface area contributed by atoms with Crippen LogP contribution in [0.4, 0.5) is 11.4 Å². The Bertz CT molecular complexity index is 1070. The number of rotatable bonds is 6. The van der Waals surface area contributed by atoms with E-state index in [-0.39, 0.29) is 23.2 Å². The quantitative estimate of drug-likeness (QED) is 0.468. The van der Waals surface area contributed by atoms with Gasteiger partial charge in [-0.15, -0.1) is 0 Å². The highest BCUT2D eigenvalue weighted by Gasteiger charge is 2.24. The second-order valence-corrected chi connectivity index (χ2v) is 7.03. The van der Waals surface area contributed by atoms with Gasteiger partial charge in [-0.05, 0) is 23.8 Å². The predicted octanol–water partition coefficient (Wildman–Crippen LogP) is 4.46. The van der Waals surface area contributed by atoms with Crippen LogP contribution >= 0.6 is 0 Å². The second kappa shape index (κ2) is 8.65. The van der Waals surface area contributed by atoms with Gasteiger partial charge in [0.15, 0.2) is 0 Å². The second-order valence-electron chi connectivity index (χ2n) is 7.03. The van der Waals surface area contributed by atoms with Crippen molar-refractivity contribution in [3.8, 4) is 5.75 Å². The highest BCUT2D eigenvalue weighted by Crippen LogP contribution is 2.32. The van der Waals surface area contributed by atoms with Crippen molar-refractivity contribution in [3.05, 3.63) is 99.6 Å². The summed E-state index contributed by atoms with van der Waals surface area (Å²) in [5, 5.41) is 17.6. The van der Waals surface area contributed by atoms with E-state index in [1.807, 2.05) is 54.6 Å². The minimum atomic E-state index is -0.478. The summed E-state index contributed by atoms with van der Waals surface area (Å²) in [5.74, 6) is 0.398. The van der Waals surface area contributed by atoms with E-state index in [9.17, 15) is 14.9 Å². The number of hydrogen-bond acceptors (Lipinski definition) is 5. The number of amides is 1. The molecule has 1 aliphatic rings. The molecule has 0 aliphatic carbocycles. The van der Waals surface area contributed by atoms with E-state index in [0.717, 1.165) is 16.9 Å². The number of fused-ring (bicyclic) bond motifs is 1. The SMILES string of the molecule is O=C(N[C@@H]1CCOc2ccccc21)c1ccc(NCc2ccccc2)c([N+](=O)[O-])c1. The number of nitrogens with one attached hydrogen (secondary N) is 2. The zero-order valence-electron chi connectivity index (χ0n) is 16.2. The maximum atomic E-state index is 12.8. The number of ether oxygens (including phenoxy) is 1. The zero-order valence-corrected chi connectivity index (χ0v) is 16.2. The average molecular weight is 403 g/mol. The van der Waals surface area contributed by atoms with Crippen molar-refractivity contribution in [2.45, 2.75) is 19.0 Å². The average Bonchev–Trinajstić information content (AvgIpc) is 2.78. The fraction of sp³-hybridized carbons (Fsp3) is 0.174. The fourth-order valence-electron chi connectivity index (χ4n) is 3.50. The van der Waals surface area contributed by atoms with Crippen molar-refractivity contribution in [1.29, 1.82) is 0 Å². The highest BCUT2D eigenvalue weighted by molar-refractivity contribution is 5.96. The lowest BCUT2D eigenvalue weighted by Gasteiger charge is -2.26. The Morgan fingerprint density at radius 2 is 1.83 bits per heavy atom. The molecule has 0 unspecified atom stereocenters. The van der Waals surface area contributed by atoms with Gasteiger partial charge in [0.2, 0.25) is 0 Å². The third-order valence-corrected chi connectivity index (χ3v) is 5.05. The van der Waals surface area contributed by atoms with Gasteiger partial charge >= 0.3 is 0 Å². The molecule has 0 radical (unpaired) electrons. The zero-order chi connectivity index (χ0) is 20.9. The van der Waals surface area contributed by atoms with Crippen molar-refractivity contribution in [3.63, 3.8) is 0 Å². The van der Waals surface area contributed by atoms with Crippen LogP contribution in [0.25, 0.3) is 0 Å². The number of nitro groups is 1. The van der Waals surface area contributed by atoms with Crippen LogP contribution in [0.5, 0.6) is 5.75 Å². The lowest BCUT2D eigenvalue weighted by atomic mass is 10.00. The van der Waals surface area contributed by atoms with Gasteiger partial charge in [-0.25, -0.2) is 0 Å². The Kier molecular flexibility index (Phi) is 5.61. The van der Waals surface area contributed by atoms with Crippen LogP contribution in [0.3, 0.4) is 0 Å². The topological polar surface area (TPSA) is 93.5 Å². The number of benzene rings is 3. The van der Waals surface area contributed by atoms with E-state index in [1.54, 1.807) is 12.1 Å². The van der Waals surface area contributed by atoms with Crippen LogP contribution in [0.15, 0.2) is 72.8 Å². The first kappa shape index (κ1) is 19.4. The minimum absolute atomic E-state index is 0.133. The standard InChI is InChI=1S/C23H21N3O4/c27-23(25-19-12-13-30-22-9-5-4-8-18(19)22)17-10-11-20(21(14-17)26(28)29)24-15-16-6-2-1-3-7-16/h1-11,14,19,24H,12-13,15H2,(H,25,27)/t19-/m1/s1. The van der Waals surface area contributed by atoms with E-state index in [4.69, 9.17) is 4.74 Å². The van der Waals surface area contributed by atoms with Crippen LogP contribution in [-0.4, -0.2) is 17.4 Å². The van der Waals surface area contributed by atoms with Gasteiger partial charge < -0.3 is 15.4 Å². The van der Waals surface area contributed by atoms with E-state index in [1.165, 1.54) is 6.07 Å². The molecule has 1 amide bonds. The smallest absolute Gasteiger partial charge is 0.293 e. The molecule has 7 nitrogen and oxygen atoms in total. The number of hydrogen-bond donors (Lipinski definition) is 2. The van der Waals surface area contributed by atoms with Crippen molar-refractivity contribution in [2.75, 3.05) is 11.9 Å². The molecule has 0 aromatic heterocycles. The summed E-state index contributed by atoms with van der Waals surface area (Å²) in [6.45, 7) is 0.955. The molecule has 0 saturated heterocycles. The largest absolute Gasteiger partial charge is 0.493 e. The first-order chi connectivity index (χ1) is 14.6. The van der Waals surface area contributed by atoms with Gasteiger partial charge in [-0.1, -0.05) is 48.5 Å². The third kappa shape index (κ3) is 4.25. The Labute approximate surface area is 173 Å². The predicted molar refractivity (Wildman–Crippen MR) is 114 cm³/mol. The van der Waals surface area contributed by atoms with Crippen LogP contribution in [-0.2, 0) is 6.54 Å². The van der Waals surface area contributed by atoms with E-state index < -0.39 is 4.92 Å². The van der Waals surface area contributed by atoms with Crippen molar-refractivity contribution in [2.24, 2.45) is 0 Å². The molecule has 1 atom stereocenters. The lowest BCUT2D eigenvalue weighted by molar-refractivity contribution is -0.384. The van der Waals surface area contributed by atoms with Crippen LogP contribution in [0, 0.1) is 10.1 Å². The Balaban J connectivity index is 1.51. The van der Waals surface area contributed by atoms with E-state index in [2.05, 4.69) is 10.6 Å². The first-order valence-electron chi connectivity index (χ1n) is 9.70. The van der Waals surface area contributed by atoms with E-state index >= 15 is 0 Å². The molecule has 1 heterocycles. The first-order valence-corrected chi connectivity index (χ1v) is 9.70. The summed E-state index contributed by atoms with van der Waals surface area (Å²) in [5.41, 5.74) is 2.40. The number of nitrogens with zero attached hydrogens (tertiary/aromatic N) is 1. The minimum Gasteiger partial charge on any atom is -0.493 e. The molecule has 30 heavy (non-hydrogen) atoms. The maximum absolute atomic E-state index is 12.8. The van der Waals surface area contributed by atoms with Gasteiger partial charge in [0.1, 0.15) is 11.4 Å². The number of carbonyl (C=O) groups is 1. The number of nitro benzene ring substituents is 1. The molecule has 0 fully saturated rings. The summed E-state index contributed by atoms with van der Waals surface area (Å²) in [7, 11) is 0. The number of carbonyl (C=O) groups excluding carboxylic acids is 1. The summed E-state index contributed by atoms with van der Waals surface area (Å²) in [6.07, 6.45) is 0.640. The molecule has 152 valence electrons. The monoisotopic (exact) mass is 403 g/mol. The fourth-order valence-corrected chi connectivity index (χ4v) is 3.50. The summed E-state index contributed by atoms with van der Waals surface area (Å²) < 4.78 is 5.62. The van der Waals surface area contributed by atoms with Gasteiger partial charge in [-0.2, -0.15) is 0 Å². The third-order valence-electron chi connectivity index (χ3n) is 5.05. The molecule has 1 aliphatic heterocycles. The molecule has 4 rings (SSSR count). The molecule has 2 N–H and O–H groups in total.